The minimum absolute atomic E-state index is 0.00568. The molecular formula is C23H24FN3O. The van der Waals surface area contributed by atoms with Gasteiger partial charge in [-0.05, 0) is 80.9 Å². The summed E-state index contributed by atoms with van der Waals surface area (Å²) in [7, 11) is 0. The van der Waals surface area contributed by atoms with Crippen LogP contribution >= 0.6 is 0 Å². The molecule has 2 fully saturated rings. The number of aromatic nitrogens is 1. The second-order valence-corrected chi connectivity index (χ2v) is 7.84. The van der Waals surface area contributed by atoms with Crippen LogP contribution in [0.5, 0.6) is 0 Å². The Hall–Kier alpha value is -2.50. The Morgan fingerprint density at radius 1 is 1.07 bits per heavy atom. The van der Waals surface area contributed by atoms with E-state index in [1.807, 2.05) is 41.1 Å². The number of rotatable bonds is 4. The molecule has 3 heterocycles. The predicted octanol–water partition coefficient (Wildman–Crippen LogP) is 3.78. The SMILES string of the molecule is O=C(c1ccc(-n2ccc3cc(F)ccc32)cc1)C1CCCN1C1CCNC1. The number of hydrogen-bond donors (Lipinski definition) is 1. The van der Waals surface area contributed by atoms with Gasteiger partial charge in [0.25, 0.3) is 0 Å². The highest BCUT2D eigenvalue weighted by Gasteiger charge is 2.36. The number of Topliss-reactive ketones (excluding diaryl/α,β-unsaturated/α-hetero) is 1. The lowest BCUT2D eigenvalue weighted by atomic mass is 10.0. The zero-order valence-corrected chi connectivity index (χ0v) is 15.8. The zero-order chi connectivity index (χ0) is 19.1. The highest BCUT2D eigenvalue weighted by atomic mass is 19.1. The fourth-order valence-corrected chi connectivity index (χ4v) is 4.75. The zero-order valence-electron chi connectivity index (χ0n) is 15.8. The van der Waals surface area contributed by atoms with Gasteiger partial charge in [-0.2, -0.15) is 0 Å². The lowest BCUT2D eigenvalue weighted by molar-refractivity contribution is 0.0826. The number of likely N-dealkylation sites (tertiary alicyclic amines) is 1. The molecule has 2 unspecified atom stereocenters. The molecule has 1 aromatic heterocycles. The van der Waals surface area contributed by atoms with Gasteiger partial charge in [0.1, 0.15) is 5.82 Å². The summed E-state index contributed by atoms with van der Waals surface area (Å²) in [6.45, 7) is 3.06. The average molecular weight is 377 g/mol. The number of nitrogens with one attached hydrogen (secondary N) is 1. The number of ketones is 1. The summed E-state index contributed by atoms with van der Waals surface area (Å²) >= 11 is 0. The van der Waals surface area contributed by atoms with Crippen LogP contribution in [0.1, 0.15) is 29.6 Å². The largest absolute Gasteiger partial charge is 0.317 e. The summed E-state index contributed by atoms with van der Waals surface area (Å²) in [6, 6.07) is 15.0. The summed E-state index contributed by atoms with van der Waals surface area (Å²) < 4.78 is 15.4. The van der Waals surface area contributed by atoms with Gasteiger partial charge in [0, 0.05) is 35.4 Å². The molecule has 0 amide bonds. The number of benzene rings is 2. The molecule has 5 heteroatoms. The van der Waals surface area contributed by atoms with Gasteiger partial charge in [0.05, 0.1) is 11.6 Å². The Bertz CT molecular complexity index is 1000. The molecule has 0 radical (unpaired) electrons. The van der Waals surface area contributed by atoms with Crippen molar-refractivity contribution in [2.24, 2.45) is 0 Å². The molecule has 4 nitrogen and oxygen atoms in total. The van der Waals surface area contributed by atoms with E-state index in [4.69, 9.17) is 0 Å². The smallest absolute Gasteiger partial charge is 0.179 e. The van der Waals surface area contributed by atoms with Crippen LogP contribution in [-0.2, 0) is 0 Å². The maximum absolute atomic E-state index is 13.4. The second kappa shape index (κ2) is 7.15. The minimum Gasteiger partial charge on any atom is -0.317 e. The maximum Gasteiger partial charge on any atom is 0.179 e. The molecule has 3 aromatic rings. The summed E-state index contributed by atoms with van der Waals surface area (Å²) in [5.41, 5.74) is 2.70. The van der Waals surface area contributed by atoms with Gasteiger partial charge >= 0.3 is 0 Å². The topological polar surface area (TPSA) is 37.3 Å². The van der Waals surface area contributed by atoms with Crippen LogP contribution in [0.25, 0.3) is 16.6 Å². The quantitative estimate of drug-likeness (QED) is 0.703. The molecule has 144 valence electrons. The summed E-state index contributed by atoms with van der Waals surface area (Å²) in [6.07, 6.45) is 5.11. The van der Waals surface area contributed by atoms with Crippen LogP contribution in [0.3, 0.4) is 0 Å². The number of hydrogen-bond acceptors (Lipinski definition) is 3. The molecule has 0 spiro atoms. The Balaban J connectivity index is 1.39. The normalized spacial score (nSPS) is 22.9. The molecule has 2 aliphatic heterocycles. The van der Waals surface area contributed by atoms with E-state index in [0.29, 0.717) is 6.04 Å². The Morgan fingerprint density at radius 3 is 2.71 bits per heavy atom. The third kappa shape index (κ3) is 3.05. The van der Waals surface area contributed by atoms with Gasteiger partial charge in [0.2, 0.25) is 0 Å². The molecule has 0 bridgehead atoms. The number of carbonyl (C=O) groups excluding carboxylic acids is 1. The van der Waals surface area contributed by atoms with Crippen molar-refractivity contribution >= 4 is 16.7 Å². The molecule has 28 heavy (non-hydrogen) atoms. The molecule has 5 rings (SSSR count). The van der Waals surface area contributed by atoms with Crippen LogP contribution in [0.2, 0.25) is 0 Å². The van der Waals surface area contributed by atoms with E-state index < -0.39 is 0 Å². The first-order valence-electron chi connectivity index (χ1n) is 10.1. The number of carbonyl (C=O) groups is 1. The van der Waals surface area contributed by atoms with E-state index >= 15 is 0 Å². The standard InChI is InChI=1S/C23H24FN3O/c24-18-5-8-21-17(14-18)10-13-27(21)19-6-3-16(4-7-19)23(28)22-2-1-12-26(22)20-9-11-25-15-20/h3-8,10,13-14,20,22,25H,1-2,9,11-12,15H2. The average Bonchev–Trinajstić information content (AvgIpc) is 3.46. The van der Waals surface area contributed by atoms with Crippen LogP contribution in [0.15, 0.2) is 54.7 Å². The lowest BCUT2D eigenvalue weighted by Crippen LogP contribution is -2.44. The molecule has 0 aliphatic carbocycles. The van der Waals surface area contributed by atoms with E-state index in [1.165, 1.54) is 12.1 Å². The fraction of sp³-hybridized carbons (Fsp3) is 0.348. The lowest BCUT2D eigenvalue weighted by Gasteiger charge is -2.29. The molecule has 2 saturated heterocycles. The van der Waals surface area contributed by atoms with Crippen LogP contribution in [0.4, 0.5) is 4.39 Å². The van der Waals surface area contributed by atoms with E-state index in [1.54, 1.807) is 6.07 Å². The molecule has 2 atom stereocenters. The van der Waals surface area contributed by atoms with Crippen LogP contribution < -0.4 is 5.32 Å². The Kier molecular flexibility index (Phi) is 4.49. The van der Waals surface area contributed by atoms with Gasteiger partial charge in [-0.15, -0.1) is 0 Å². The van der Waals surface area contributed by atoms with Crippen molar-refractivity contribution in [3.8, 4) is 5.69 Å². The van der Waals surface area contributed by atoms with E-state index in [-0.39, 0.29) is 17.6 Å². The number of nitrogens with zero attached hydrogens (tertiary/aromatic N) is 2. The summed E-state index contributed by atoms with van der Waals surface area (Å²) in [5, 5.41) is 4.28. The van der Waals surface area contributed by atoms with Gasteiger partial charge < -0.3 is 9.88 Å². The highest BCUT2D eigenvalue weighted by Crippen LogP contribution is 2.27. The third-order valence-corrected chi connectivity index (χ3v) is 6.18. The van der Waals surface area contributed by atoms with E-state index in [0.717, 1.165) is 61.1 Å². The van der Waals surface area contributed by atoms with Crippen molar-refractivity contribution in [2.45, 2.75) is 31.3 Å². The second-order valence-electron chi connectivity index (χ2n) is 7.84. The van der Waals surface area contributed by atoms with Crippen molar-refractivity contribution < 1.29 is 9.18 Å². The molecule has 0 saturated carbocycles. The van der Waals surface area contributed by atoms with Gasteiger partial charge in [0.15, 0.2) is 5.78 Å². The molecule has 1 N–H and O–H groups in total. The van der Waals surface area contributed by atoms with Crippen molar-refractivity contribution in [1.82, 2.24) is 14.8 Å². The predicted molar refractivity (Wildman–Crippen MR) is 109 cm³/mol. The third-order valence-electron chi connectivity index (χ3n) is 6.18. The van der Waals surface area contributed by atoms with Gasteiger partial charge in [-0.3, -0.25) is 9.69 Å². The van der Waals surface area contributed by atoms with Crippen molar-refractivity contribution in [3.63, 3.8) is 0 Å². The first-order chi connectivity index (χ1) is 13.7. The van der Waals surface area contributed by atoms with Gasteiger partial charge in [-0.1, -0.05) is 0 Å². The molecule has 2 aliphatic rings. The fourth-order valence-electron chi connectivity index (χ4n) is 4.75. The van der Waals surface area contributed by atoms with Crippen molar-refractivity contribution in [1.29, 1.82) is 0 Å². The molecule has 2 aromatic carbocycles. The van der Waals surface area contributed by atoms with Crippen LogP contribution in [0, 0.1) is 5.82 Å². The number of halogens is 1. The van der Waals surface area contributed by atoms with Crippen LogP contribution in [-0.4, -0.2) is 47.0 Å². The number of fused-ring (bicyclic) bond motifs is 1. The van der Waals surface area contributed by atoms with E-state index in [2.05, 4.69) is 10.2 Å². The Labute approximate surface area is 163 Å². The summed E-state index contributed by atoms with van der Waals surface area (Å²) in [5.74, 6) is 0.000148. The first-order valence-corrected chi connectivity index (χ1v) is 10.1. The summed E-state index contributed by atoms with van der Waals surface area (Å²) in [4.78, 5) is 15.6. The monoisotopic (exact) mass is 377 g/mol. The van der Waals surface area contributed by atoms with E-state index in [9.17, 15) is 9.18 Å². The van der Waals surface area contributed by atoms with Crippen molar-refractivity contribution in [3.05, 3.63) is 66.1 Å². The minimum atomic E-state index is -0.232. The highest BCUT2D eigenvalue weighted by molar-refractivity contribution is 6.00. The Morgan fingerprint density at radius 2 is 1.93 bits per heavy atom. The first kappa shape index (κ1) is 17.6. The van der Waals surface area contributed by atoms with Gasteiger partial charge in [-0.25, -0.2) is 4.39 Å². The molecular weight excluding hydrogens is 353 g/mol. The van der Waals surface area contributed by atoms with Crippen molar-refractivity contribution in [2.75, 3.05) is 19.6 Å². The maximum atomic E-state index is 13.4.